The maximum atomic E-state index is 14.1. The Morgan fingerprint density at radius 3 is 2.43 bits per heavy atom. The zero-order chi connectivity index (χ0) is 22.5. The van der Waals surface area contributed by atoms with Crippen LogP contribution in [0.15, 0.2) is 36.4 Å². The number of carbonyl (C=O) groups excluding carboxylic acids is 1. The van der Waals surface area contributed by atoms with Crippen molar-refractivity contribution in [3.8, 4) is 6.07 Å². The second-order valence-corrected chi connectivity index (χ2v) is 6.13. The van der Waals surface area contributed by atoms with Gasteiger partial charge in [0.2, 0.25) is 0 Å². The summed E-state index contributed by atoms with van der Waals surface area (Å²) in [6, 6.07) is 11.2. The van der Waals surface area contributed by atoms with E-state index < -0.39 is 11.7 Å². The Kier molecular flexibility index (Phi) is 11.1. The number of nitrogens with one attached hydrogen (secondary N) is 2. The van der Waals surface area contributed by atoms with Gasteiger partial charge in [-0.2, -0.15) is 5.26 Å². The van der Waals surface area contributed by atoms with Crippen molar-refractivity contribution in [2.24, 2.45) is 5.92 Å². The average molecular weight is 416 g/mol. The first kappa shape index (κ1) is 25.1. The molecule has 0 atom stereocenters. The molecule has 1 heterocycles. The maximum Gasteiger partial charge on any atom is 0.276 e. The molecule has 0 unspecified atom stereocenters. The van der Waals surface area contributed by atoms with Gasteiger partial charge in [-0.1, -0.05) is 33.8 Å². The van der Waals surface area contributed by atoms with Gasteiger partial charge < -0.3 is 10.1 Å². The molecule has 162 valence electrons. The van der Waals surface area contributed by atoms with Crippen LogP contribution in [0.4, 0.5) is 15.8 Å². The molecule has 0 spiro atoms. The third-order valence-electron chi connectivity index (χ3n) is 3.98. The van der Waals surface area contributed by atoms with Gasteiger partial charge >= 0.3 is 0 Å². The number of hydroxylamine groups is 1. The first-order chi connectivity index (χ1) is 14.6. The van der Waals surface area contributed by atoms with E-state index in [1.54, 1.807) is 19.1 Å². The number of nitriles is 1. The summed E-state index contributed by atoms with van der Waals surface area (Å²) in [6.45, 7) is 11.4. The number of hydrogen-bond acceptors (Lipinski definition) is 5. The van der Waals surface area contributed by atoms with Gasteiger partial charge in [-0.3, -0.25) is 9.63 Å². The lowest BCUT2D eigenvalue weighted by Gasteiger charge is -2.25. The van der Waals surface area contributed by atoms with Crippen molar-refractivity contribution in [1.82, 2.24) is 5.48 Å². The quantitative estimate of drug-likeness (QED) is 0.641. The van der Waals surface area contributed by atoms with Crippen molar-refractivity contribution in [2.75, 3.05) is 25.1 Å². The summed E-state index contributed by atoms with van der Waals surface area (Å²) in [6.07, 6.45) is 0. The van der Waals surface area contributed by atoms with Crippen LogP contribution in [0, 0.1) is 30.0 Å². The van der Waals surface area contributed by atoms with Gasteiger partial charge in [0, 0.05) is 5.92 Å². The Morgan fingerprint density at radius 1 is 1.17 bits per heavy atom. The molecular weight excluding hydrogens is 385 g/mol. The molecule has 0 radical (unpaired) electrons. The number of anilines is 2. The van der Waals surface area contributed by atoms with Crippen molar-refractivity contribution >= 4 is 17.3 Å². The smallest absolute Gasteiger partial charge is 0.276 e. The van der Waals surface area contributed by atoms with Gasteiger partial charge in [-0.25, -0.2) is 9.87 Å². The minimum absolute atomic E-state index is 0.215. The Labute approximate surface area is 178 Å². The Balaban J connectivity index is 0.00000106. The van der Waals surface area contributed by atoms with E-state index in [2.05, 4.69) is 10.8 Å². The molecule has 2 aromatic rings. The summed E-state index contributed by atoms with van der Waals surface area (Å²) in [5.41, 5.74) is 4.29. The van der Waals surface area contributed by atoms with Crippen LogP contribution in [0.1, 0.15) is 49.2 Å². The fourth-order valence-electron chi connectivity index (χ4n) is 2.44. The van der Waals surface area contributed by atoms with Crippen LogP contribution in [-0.2, 0) is 9.57 Å². The van der Waals surface area contributed by atoms with Crippen molar-refractivity contribution < 1.29 is 18.8 Å². The number of aryl methyl sites for hydroxylation is 1. The van der Waals surface area contributed by atoms with E-state index in [1.807, 2.05) is 33.8 Å². The van der Waals surface area contributed by atoms with Gasteiger partial charge in [0.05, 0.1) is 48.4 Å². The fourth-order valence-corrected chi connectivity index (χ4v) is 2.44. The molecule has 0 aliphatic carbocycles. The van der Waals surface area contributed by atoms with Gasteiger partial charge in [0.15, 0.2) is 0 Å². The SMILES string of the molecule is CC.CC.Cc1ccc(Nc2cc(C#N)ccc2C(=O)NOCC2COC2)c(F)c1. The second kappa shape index (κ2) is 13.3. The predicted octanol–water partition coefficient (Wildman–Crippen LogP) is 5.11. The number of ether oxygens (including phenoxy) is 1. The van der Waals surface area contributed by atoms with Crippen LogP contribution in [0.2, 0.25) is 0 Å². The van der Waals surface area contributed by atoms with Crippen LogP contribution >= 0.6 is 0 Å². The number of nitrogens with zero attached hydrogens (tertiary/aromatic N) is 1. The zero-order valence-corrected chi connectivity index (χ0v) is 18.2. The lowest BCUT2D eigenvalue weighted by Crippen LogP contribution is -2.35. The van der Waals surface area contributed by atoms with Crippen LogP contribution in [0.5, 0.6) is 0 Å². The third-order valence-corrected chi connectivity index (χ3v) is 3.98. The van der Waals surface area contributed by atoms with E-state index in [-0.39, 0.29) is 17.2 Å². The second-order valence-electron chi connectivity index (χ2n) is 6.13. The van der Waals surface area contributed by atoms with Crippen molar-refractivity contribution in [1.29, 1.82) is 5.26 Å². The Bertz CT molecular complexity index is 861. The summed E-state index contributed by atoms with van der Waals surface area (Å²) < 4.78 is 19.2. The summed E-state index contributed by atoms with van der Waals surface area (Å²) in [4.78, 5) is 17.6. The number of amides is 1. The number of benzene rings is 2. The summed E-state index contributed by atoms with van der Waals surface area (Å²) >= 11 is 0. The van der Waals surface area contributed by atoms with Crippen molar-refractivity contribution in [2.45, 2.75) is 34.6 Å². The Morgan fingerprint density at radius 2 is 1.87 bits per heavy atom. The van der Waals surface area contributed by atoms with Gasteiger partial charge in [-0.15, -0.1) is 0 Å². The normalized spacial score (nSPS) is 12.2. The molecule has 3 rings (SSSR count). The van der Waals surface area contributed by atoms with Crippen molar-refractivity contribution in [3.05, 3.63) is 58.9 Å². The number of rotatable bonds is 6. The average Bonchev–Trinajstić information content (AvgIpc) is 2.74. The van der Waals surface area contributed by atoms with E-state index >= 15 is 0 Å². The van der Waals surface area contributed by atoms with E-state index in [0.29, 0.717) is 31.1 Å². The number of carbonyl (C=O) groups is 1. The molecule has 1 saturated heterocycles. The van der Waals surface area contributed by atoms with Gasteiger partial charge in [0.1, 0.15) is 5.82 Å². The molecule has 1 fully saturated rings. The molecule has 0 saturated carbocycles. The molecular formula is C23H30FN3O3. The molecule has 2 N–H and O–H groups in total. The third kappa shape index (κ3) is 7.14. The highest BCUT2D eigenvalue weighted by atomic mass is 19.1. The number of halogens is 1. The topological polar surface area (TPSA) is 83.4 Å². The molecule has 2 aromatic carbocycles. The summed E-state index contributed by atoms with van der Waals surface area (Å²) in [7, 11) is 0. The van der Waals surface area contributed by atoms with E-state index in [9.17, 15) is 9.18 Å². The van der Waals surface area contributed by atoms with Crippen LogP contribution in [0.3, 0.4) is 0 Å². The van der Waals surface area contributed by atoms with Crippen LogP contribution in [-0.4, -0.2) is 25.7 Å². The molecule has 1 aliphatic heterocycles. The molecule has 30 heavy (non-hydrogen) atoms. The highest BCUT2D eigenvalue weighted by molar-refractivity contribution is 6.00. The highest BCUT2D eigenvalue weighted by Crippen LogP contribution is 2.25. The van der Waals surface area contributed by atoms with E-state index in [1.165, 1.54) is 24.3 Å². The van der Waals surface area contributed by atoms with E-state index in [0.717, 1.165) is 5.56 Å². The zero-order valence-electron chi connectivity index (χ0n) is 18.2. The highest BCUT2D eigenvalue weighted by Gasteiger charge is 2.20. The minimum atomic E-state index is -0.482. The van der Waals surface area contributed by atoms with Gasteiger partial charge in [-0.05, 0) is 42.8 Å². The standard InChI is InChI=1S/C19H18FN3O3.2C2H6/c1-12-2-5-17(16(20)6-12)22-18-7-13(8-21)3-4-15(18)19(24)23-26-11-14-9-25-10-14;2*1-2/h2-7,14,22H,9-11H2,1H3,(H,23,24);2*1-2H3. The predicted molar refractivity (Wildman–Crippen MR) is 116 cm³/mol. The first-order valence-corrected chi connectivity index (χ1v) is 10.1. The van der Waals surface area contributed by atoms with Crippen molar-refractivity contribution in [3.63, 3.8) is 0 Å². The summed E-state index contributed by atoms with van der Waals surface area (Å²) in [5.74, 6) is -0.653. The lowest BCUT2D eigenvalue weighted by atomic mass is 10.1. The molecule has 0 bridgehead atoms. The molecule has 6 nitrogen and oxygen atoms in total. The van der Waals surface area contributed by atoms with Crippen LogP contribution in [0.25, 0.3) is 0 Å². The molecule has 1 aliphatic rings. The lowest BCUT2D eigenvalue weighted by molar-refractivity contribution is -0.0864. The minimum Gasteiger partial charge on any atom is -0.381 e. The van der Waals surface area contributed by atoms with E-state index in [4.69, 9.17) is 14.8 Å². The summed E-state index contributed by atoms with van der Waals surface area (Å²) in [5, 5.41) is 12.0. The van der Waals surface area contributed by atoms with Crippen LogP contribution < -0.4 is 10.8 Å². The maximum absolute atomic E-state index is 14.1. The number of hydrogen-bond donors (Lipinski definition) is 2. The molecule has 7 heteroatoms. The fraction of sp³-hybridized carbons (Fsp3) is 0.391. The Hall–Kier alpha value is -2.95. The molecule has 0 aromatic heterocycles. The first-order valence-electron chi connectivity index (χ1n) is 10.1. The molecule has 1 amide bonds. The van der Waals surface area contributed by atoms with Gasteiger partial charge in [0.25, 0.3) is 5.91 Å². The largest absolute Gasteiger partial charge is 0.381 e. The monoisotopic (exact) mass is 415 g/mol.